The van der Waals surface area contributed by atoms with Gasteiger partial charge in [0.1, 0.15) is 27.5 Å². The molecule has 1 N–H and O–H groups in total. The van der Waals surface area contributed by atoms with Gasteiger partial charge in [0.05, 0.1) is 12.9 Å². The Bertz CT molecular complexity index is 1380. The Morgan fingerprint density at radius 2 is 1.88 bits per heavy atom. The molecule has 0 unspecified atom stereocenters. The van der Waals surface area contributed by atoms with Crippen molar-refractivity contribution in [3.63, 3.8) is 0 Å². The van der Waals surface area contributed by atoms with Gasteiger partial charge in [0.2, 0.25) is 0 Å². The minimum absolute atomic E-state index is 0.131. The molecule has 0 saturated carbocycles. The van der Waals surface area contributed by atoms with Gasteiger partial charge in [-0.25, -0.2) is 14.4 Å². The molecule has 1 amide bonds. The topological polar surface area (TPSA) is 125 Å². The van der Waals surface area contributed by atoms with Gasteiger partial charge in [0.15, 0.2) is 6.61 Å². The van der Waals surface area contributed by atoms with Crippen molar-refractivity contribution < 1.29 is 32.7 Å². The first-order valence-electron chi connectivity index (χ1n) is 9.80. The van der Waals surface area contributed by atoms with E-state index in [1.165, 1.54) is 12.3 Å². The molecule has 4 rings (SSSR count). The van der Waals surface area contributed by atoms with Crippen LogP contribution in [0.1, 0.15) is 27.6 Å². The molecular formula is C23H17NO8S. The summed E-state index contributed by atoms with van der Waals surface area (Å²) >= 11 is 1.09. The number of nitrogens with one attached hydrogen (secondary N) is 1. The van der Waals surface area contributed by atoms with Crippen LogP contribution in [0, 0.1) is 0 Å². The minimum Gasteiger partial charge on any atom is -0.464 e. The standard InChI is InChI=1S/C23H17NO8S/c1-2-29-23(28)19-15(17-8-5-9-30-17)12-33-20(19)24-18(25)11-31-21(26)14-10-13-6-3-4-7-16(13)32-22(14)27/h3-10,12H,2,11H2,1H3,(H,24,25). The zero-order valence-corrected chi connectivity index (χ0v) is 18.1. The fraction of sp³-hybridized carbons (Fsp3) is 0.130. The Morgan fingerprint density at radius 1 is 1.06 bits per heavy atom. The number of ether oxygens (including phenoxy) is 2. The number of hydrogen-bond acceptors (Lipinski definition) is 9. The van der Waals surface area contributed by atoms with E-state index >= 15 is 0 Å². The molecule has 0 saturated heterocycles. The zero-order chi connectivity index (χ0) is 23.4. The molecule has 9 nitrogen and oxygen atoms in total. The fourth-order valence-corrected chi connectivity index (χ4v) is 4.00. The van der Waals surface area contributed by atoms with Crippen molar-refractivity contribution in [1.82, 2.24) is 0 Å². The van der Waals surface area contributed by atoms with Crippen LogP contribution >= 0.6 is 11.3 Å². The number of carbonyl (C=O) groups excluding carboxylic acids is 3. The van der Waals surface area contributed by atoms with E-state index in [0.29, 0.717) is 22.3 Å². The number of hydrogen-bond donors (Lipinski definition) is 1. The summed E-state index contributed by atoms with van der Waals surface area (Å²) in [5.74, 6) is -1.90. The summed E-state index contributed by atoms with van der Waals surface area (Å²) in [7, 11) is 0. The lowest BCUT2D eigenvalue weighted by molar-refractivity contribution is -0.119. The number of furan rings is 1. The third-order valence-corrected chi connectivity index (χ3v) is 5.40. The first-order chi connectivity index (χ1) is 16.0. The number of carbonyl (C=O) groups is 3. The van der Waals surface area contributed by atoms with E-state index < -0.39 is 30.1 Å². The van der Waals surface area contributed by atoms with Crippen LogP contribution in [-0.4, -0.2) is 31.1 Å². The van der Waals surface area contributed by atoms with Gasteiger partial charge in [0, 0.05) is 16.3 Å². The van der Waals surface area contributed by atoms with Crippen molar-refractivity contribution >= 4 is 45.2 Å². The molecule has 1 aromatic carbocycles. The summed E-state index contributed by atoms with van der Waals surface area (Å²) in [5, 5.41) is 4.94. The Morgan fingerprint density at radius 3 is 2.64 bits per heavy atom. The molecule has 0 fully saturated rings. The number of amides is 1. The van der Waals surface area contributed by atoms with Crippen LogP contribution in [0.15, 0.2) is 67.7 Å². The highest BCUT2D eigenvalue weighted by molar-refractivity contribution is 7.15. The van der Waals surface area contributed by atoms with Crippen molar-refractivity contribution in [2.45, 2.75) is 6.92 Å². The van der Waals surface area contributed by atoms with E-state index in [1.807, 2.05) is 0 Å². The highest BCUT2D eigenvalue weighted by Gasteiger charge is 2.24. The SMILES string of the molecule is CCOC(=O)c1c(-c2ccco2)csc1NC(=O)COC(=O)c1cc2ccccc2oc1=O. The van der Waals surface area contributed by atoms with E-state index in [4.69, 9.17) is 18.3 Å². The molecule has 3 heterocycles. The van der Waals surface area contributed by atoms with Gasteiger partial charge in [-0.05, 0) is 31.2 Å². The number of rotatable bonds is 7. The largest absolute Gasteiger partial charge is 0.464 e. The second-order valence-corrected chi connectivity index (χ2v) is 7.54. The van der Waals surface area contributed by atoms with Crippen LogP contribution in [-0.2, 0) is 14.3 Å². The second-order valence-electron chi connectivity index (χ2n) is 6.66. The average Bonchev–Trinajstić information content (AvgIpc) is 3.47. The fourth-order valence-electron chi connectivity index (χ4n) is 3.04. The maximum atomic E-state index is 12.5. The summed E-state index contributed by atoms with van der Waals surface area (Å²) in [5.41, 5.74) is -0.278. The van der Waals surface area contributed by atoms with Gasteiger partial charge < -0.3 is 23.6 Å². The van der Waals surface area contributed by atoms with Gasteiger partial charge in [-0.1, -0.05) is 18.2 Å². The molecule has 0 atom stereocenters. The van der Waals surface area contributed by atoms with Gasteiger partial charge in [0.25, 0.3) is 5.91 Å². The van der Waals surface area contributed by atoms with E-state index in [-0.39, 0.29) is 22.7 Å². The first kappa shape index (κ1) is 22.0. The molecule has 4 aromatic rings. The molecule has 10 heteroatoms. The smallest absolute Gasteiger partial charge is 0.351 e. The molecule has 0 aliphatic rings. The number of fused-ring (bicyclic) bond motifs is 1. The molecule has 0 bridgehead atoms. The highest BCUT2D eigenvalue weighted by Crippen LogP contribution is 2.36. The van der Waals surface area contributed by atoms with Gasteiger partial charge in [-0.2, -0.15) is 0 Å². The van der Waals surface area contributed by atoms with Crippen LogP contribution < -0.4 is 10.9 Å². The predicted octanol–water partition coefficient (Wildman–Crippen LogP) is 4.09. The quantitative estimate of drug-likeness (QED) is 0.318. The van der Waals surface area contributed by atoms with Gasteiger partial charge in [-0.15, -0.1) is 11.3 Å². The molecular weight excluding hydrogens is 450 g/mol. The Kier molecular flexibility index (Phi) is 6.36. The Labute approximate surface area is 190 Å². The minimum atomic E-state index is -1.00. The molecule has 0 spiro atoms. The maximum absolute atomic E-state index is 12.5. The van der Waals surface area contributed by atoms with Crippen molar-refractivity contribution in [2.75, 3.05) is 18.5 Å². The summed E-state index contributed by atoms with van der Waals surface area (Å²) in [6.07, 6.45) is 1.46. The lowest BCUT2D eigenvalue weighted by Gasteiger charge is -2.08. The summed E-state index contributed by atoms with van der Waals surface area (Å²) in [6.45, 7) is 1.13. The van der Waals surface area contributed by atoms with Crippen molar-refractivity contribution in [3.05, 3.63) is 75.7 Å². The van der Waals surface area contributed by atoms with Crippen molar-refractivity contribution in [2.24, 2.45) is 0 Å². The number of anilines is 1. The molecule has 168 valence electrons. The molecule has 0 aliphatic carbocycles. The average molecular weight is 467 g/mol. The summed E-state index contributed by atoms with van der Waals surface area (Å²) < 4.78 is 20.5. The molecule has 0 aliphatic heterocycles. The lowest BCUT2D eigenvalue weighted by Crippen LogP contribution is -2.24. The molecule has 33 heavy (non-hydrogen) atoms. The highest BCUT2D eigenvalue weighted by atomic mass is 32.1. The predicted molar refractivity (Wildman–Crippen MR) is 119 cm³/mol. The zero-order valence-electron chi connectivity index (χ0n) is 17.3. The summed E-state index contributed by atoms with van der Waals surface area (Å²) in [4.78, 5) is 49.3. The lowest BCUT2D eigenvalue weighted by atomic mass is 10.1. The monoisotopic (exact) mass is 467 g/mol. The number of esters is 2. The van der Waals surface area contributed by atoms with E-state index in [0.717, 1.165) is 11.3 Å². The van der Waals surface area contributed by atoms with Crippen molar-refractivity contribution in [3.8, 4) is 11.3 Å². The van der Waals surface area contributed by atoms with Crippen LogP contribution in [0.5, 0.6) is 0 Å². The number of benzene rings is 1. The van der Waals surface area contributed by atoms with Crippen LogP contribution in [0.4, 0.5) is 5.00 Å². The normalized spacial score (nSPS) is 10.7. The summed E-state index contributed by atoms with van der Waals surface area (Å²) in [6, 6.07) is 11.4. The third-order valence-electron chi connectivity index (χ3n) is 4.51. The van der Waals surface area contributed by atoms with Crippen LogP contribution in [0.3, 0.4) is 0 Å². The van der Waals surface area contributed by atoms with E-state index in [1.54, 1.807) is 48.7 Å². The van der Waals surface area contributed by atoms with Gasteiger partial charge >= 0.3 is 17.6 Å². The second kappa shape index (κ2) is 9.53. The van der Waals surface area contributed by atoms with E-state index in [2.05, 4.69) is 5.32 Å². The molecule has 3 aromatic heterocycles. The van der Waals surface area contributed by atoms with Crippen molar-refractivity contribution in [1.29, 1.82) is 0 Å². The van der Waals surface area contributed by atoms with Crippen LogP contribution in [0.25, 0.3) is 22.3 Å². The van der Waals surface area contributed by atoms with E-state index in [9.17, 15) is 19.2 Å². The molecule has 0 radical (unpaired) electrons. The Balaban J connectivity index is 1.48. The van der Waals surface area contributed by atoms with Gasteiger partial charge in [-0.3, -0.25) is 4.79 Å². The number of thiophene rings is 1. The maximum Gasteiger partial charge on any atom is 0.351 e. The first-order valence-corrected chi connectivity index (χ1v) is 10.7. The Hall–Kier alpha value is -4.18. The third kappa shape index (κ3) is 4.70. The number of para-hydroxylation sites is 1. The van der Waals surface area contributed by atoms with Crippen LogP contribution in [0.2, 0.25) is 0 Å².